The number of hydrogen-bond acceptors (Lipinski definition) is 4. The first-order valence-electron chi connectivity index (χ1n) is 10.2. The maximum Gasteiger partial charge on any atom is 0.0154 e. The molecule has 0 aromatic rings. The van der Waals surface area contributed by atoms with Crippen molar-refractivity contribution in [1.29, 1.82) is 0 Å². The monoisotopic (exact) mass is 334 g/mol. The Morgan fingerprint density at radius 2 is 1.33 bits per heavy atom. The summed E-state index contributed by atoms with van der Waals surface area (Å²) in [5.74, 6) is 0. The van der Waals surface area contributed by atoms with Crippen LogP contribution in [0.25, 0.3) is 0 Å². The van der Waals surface area contributed by atoms with Gasteiger partial charge in [0, 0.05) is 61.2 Å². The molecule has 4 heterocycles. The second-order valence-electron chi connectivity index (χ2n) is 10.7. The van der Waals surface area contributed by atoms with Gasteiger partial charge in [-0.15, -0.1) is 0 Å². The molecule has 4 rings (SSSR count). The summed E-state index contributed by atoms with van der Waals surface area (Å²) in [5.41, 5.74) is 1.92. The van der Waals surface area contributed by atoms with E-state index >= 15 is 0 Å². The van der Waals surface area contributed by atoms with Crippen molar-refractivity contribution < 1.29 is 0 Å². The number of nitrogens with zero attached hydrogens (tertiary/aromatic N) is 2. The molecule has 2 spiro atoms. The van der Waals surface area contributed by atoms with E-state index in [1.54, 1.807) is 0 Å². The van der Waals surface area contributed by atoms with Crippen LogP contribution < -0.4 is 10.6 Å². The van der Waals surface area contributed by atoms with Crippen molar-refractivity contribution in [3.05, 3.63) is 0 Å². The molecular weight excluding hydrogens is 296 g/mol. The molecule has 0 aromatic carbocycles. The van der Waals surface area contributed by atoms with Crippen molar-refractivity contribution >= 4 is 0 Å². The van der Waals surface area contributed by atoms with Gasteiger partial charge in [-0.3, -0.25) is 9.80 Å². The van der Waals surface area contributed by atoms with Crippen LogP contribution in [0.3, 0.4) is 0 Å². The van der Waals surface area contributed by atoms with Gasteiger partial charge in [0.25, 0.3) is 0 Å². The molecule has 0 bridgehead atoms. The van der Waals surface area contributed by atoms with E-state index in [1.165, 1.54) is 78.0 Å². The van der Waals surface area contributed by atoms with Crippen LogP contribution in [-0.2, 0) is 0 Å². The fourth-order valence-corrected chi connectivity index (χ4v) is 5.40. The molecule has 4 nitrogen and oxygen atoms in total. The molecular formula is C20H38N4. The maximum absolute atomic E-state index is 3.56. The van der Waals surface area contributed by atoms with E-state index in [4.69, 9.17) is 0 Å². The first-order chi connectivity index (χ1) is 11.2. The summed E-state index contributed by atoms with van der Waals surface area (Å²) in [7, 11) is 0. The van der Waals surface area contributed by atoms with Gasteiger partial charge in [0.1, 0.15) is 0 Å². The molecule has 0 atom stereocenters. The van der Waals surface area contributed by atoms with E-state index < -0.39 is 0 Å². The van der Waals surface area contributed by atoms with E-state index in [0.29, 0.717) is 21.9 Å². The van der Waals surface area contributed by atoms with Crippen LogP contribution in [0.1, 0.15) is 53.4 Å². The molecule has 24 heavy (non-hydrogen) atoms. The quantitative estimate of drug-likeness (QED) is 0.804. The van der Waals surface area contributed by atoms with Gasteiger partial charge in [0.2, 0.25) is 0 Å². The molecule has 138 valence electrons. The molecule has 4 saturated heterocycles. The summed E-state index contributed by atoms with van der Waals surface area (Å²) >= 11 is 0. The van der Waals surface area contributed by atoms with Crippen LogP contribution in [0.2, 0.25) is 0 Å². The number of likely N-dealkylation sites (tertiary alicyclic amines) is 2. The molecule has 2 N–H and O–H groups in total. The predicted molar refractivity (Wildman–Crippen MR) is 100 cm³/mol. The Balaban J connectivity index is 1.29. The zero-order valence-corrected chi connectivity index (χ0v) is 16.4. The number of rotatable bonds is 5. The van der Waals surface area contributed by atoms with Crippen molar-refractivity contribution in [2.75, 3.05) is 52.4 Å². The van der Waals surface area contributed by atoms with Gasteiger partial charge in [-0.05, 0) is 66.5 Å². The Kier molecular flexibility index (Phi) is 4.08. The average Bonchev–Trinajstić information content (AvgIpc) is 3.10. The summed E-state index contributed by atoms with van der Waals surface area (Å²) in [6.07, 6.45) is 5.40. The topological polar surface area (TPSA) is 30.5 Å². The second kappa shape index (κ2) is 5.67. The van der Waals surface area contributed by atoms with Crippen LogP contribution in [0.15, 0.2) is 0 Å². The summed E-state index contributed by atoms with van der Waals surface area (Å²) < 4.78 is 0. The van der Waals surface area contributed by atoms with Crippen LogP contribution in [-0.4, -0.2) is 73.2 Å². The minimum Gasteiger partial charge on any atom is -0.316 e. The lowest BCUT2D eigenvalue weighted by Crippen LogP contribution is -2.64. The molecule has 0 amide bonds. The molecule has 0 unspecified atom stereocenters. The van der Waals surface area contributed by atoms with Gasteiger partial charge in [-0.2, -0.15) is 0 Å². The molecule has 4 fully saturated rings. The molecule has 4 aliphatic rings. The molecule has 0 aliphatic carbocycles. The maximum atomic E-state index is 3.56. The largest absolute Gasteiger partial charge is 0.316 e. The summed E-state index contributed by atoms with van der Waals surface area (Å²) in [6, 6.07) is 0. The summed E-state index contributed by atoms with van der Waals surface area (Å²) in [5, 5.41) is 7.05. The SMILES string of the molecule is CC(C)(CCC(C)(C)N1CC2(CCNC2)C1)N1CCC2(CNC2)C1. The summed E-state index contributed by atoms with van der Waals surface area (Å²) in [6.45, 7) is 20.1. The Hall–Kier alpha value is -0.160. The van der Waals surface area contributed by atoms with Crippen molar-refractivity contribution in [3.8, 4) is 0 Å². The van der Waals surface area contributed by atoms with E-state index in [2.05, 4.69) is 48.1 Å². The zero-order valence-electron chi connectivity index (χ0n) is 16.4. The molecule has 0 aromatic heterocycles. The number of hydrogen-bond donors (Lipinski definition) is 2. The summed E-state index contributed by atoms with van der Waals surface area (Å²) in [4.78, 5) is 5.53. The van der Waals surface area contributed by atoms with Crippen molar-refractivity contribution in [2.45, 2.75) is 64.5 Å². The van der Waals surface area contributed by atoms with Gasteiger partial charge in [0.15, 0.2) is 0 Å². The van der Waals surface area contributed by atoms with Crippen LogP contribution in [0.4, 0.5) is 0 Å². The van der Waals surface area contributed by atoms with Crippen molar-refractivity contribution in [1.82, 2.24) is 20.4 Å². The lowest BCUT2D eigenvalue weighted by Gasteiger charge is -2.56. The third-order valence-corrected chi connectivity index (χ3v) is 7.88. The first-order valence-corrected chi connectivity index (χ1v) is 10.2. The molecule has 4 aliphatic heterocycles. The normalized spacial score (nSPS) is 30.0. The van der Waals surface area contributed by atoms with Crippen molar-refractivity contribution in [2.24, 2.45) is 10.8 Å². The van der Waals surface area contributed by atoms with E-state index in [9.17, 15) is 0 Å². The van der Waals surface area contributed by atoms with Crippen LogP contribution in [0.5, 0.6) is 0 Å². The average molecular weight is 335 g/mol. The fraction of sp³-hybridized carbons (Fsp3) is 1.00. The standard InChI is InChI=1S/C20H38N4/c1-17(2,23-10-8-19(14-23)11-22-12-19)5-6-18(3,4)24-15-20(16-24)7-9-21-13-20/h21-22H,5-16H2,1-4H3. The zero-order chi connectivity index (χ0) is 17.1. The highest BCUT2D eigenvalue weighted by atomic mass is 15.3. The third-order valence-electron chi connectivity index (χ3n) is 7.88. The smallest absolute Gasteiger partial charge is 0.0154 e. The second-order valence-corrected chi connectivity index (χ2v) is 10.7. The van der Waals surface area contributed by atoms with Gasteiger partial charge in [-0.25, -0.2) is 0 Å². The Morgan fingerprint density at radius 1 is 0.750 bits per heavy atom. The first kappa shape index (κ1) is 17.3. The molecule has 4 heteroatoms. The Morgan fingerprint density at radius 3 is 1.83 bits per heavy atom. The lowest BCUT2D eigenvalue weighted by atomic mass is 9.74. The highest BCUT2D eigenvalue weighted by molar-refractivity contribution is 5.06. The van der Waals surface area contributed by atoms with E-state index in [0.717, 1.165) is 0 Å². The van der Waals surface area contributed by atoms with Crippen LogP contribution in [0, 0.1) is 10.8 Å². The third kappa shape index (κ3) is 2.94. The predicted octanol–water partition coefficient (Wildman–Crippen LogP) is 1.91. The number of nitrogens with one attached hydrogen (secondary N) is 2. The fourth-order valence-electron chi connectivity index (χ4n) is 5.40. The minimum absolute atomic E-state index is 0.341. The van der Waals surface area contributed by atoms with Crippen LogP contribution >= 0.6 is 0 Å². The van der Waals surface area contributed by atoms with Gasteiger partial charge in [-0.1, -0.05) is 0 Å². The Bertz CT molecular complexity index is 466. The highest BCUT2D eigenvalue weighted by Crippen LogP contribution is 2.43. The van der Waals surface area contributed by atoms with Gasteiger partial charge in [0.05, 0.1) is 0 Å². The van der Waals surface area contributed by atoms with E-state index in [-0.39, 0.29) is 0 Å². The Labute approximate surface area is 148 Å². The molecule has 0 saturated carbocycles. The molecule has 0 radical (unpaired) electrons. The minimum atomic E-state index is 0.341. The van der Waals surface area contributed by atoms with Gasteiger partial charge >= 0.3 is 0 Å². The van der Waals surface area contributed by atoms with Gasteiger partial charge < -0.3 is 10.6 Å². The van der Waals surface area contributed by atoms with Crippen molar-refractivity contribution in [3.63, 3.8) is 0 Å². The van der Waals surface area contributed by atoms with E-state index in [1.807, 2.05) is 0 Å². The highest BCUT2D eigenvalue weighted by Gasteiger charge is 2.50. The lowest BCUT2D eigenvalue weighted by molar-refractivity contribution is -0.0624.